The summed E-state index contributed by atoms with van der Waals surface area (Å²) in [5.41, 5.74) is 3.44. The summed E-state index contributed by atoms with van der Waals surface area (Å²) in [5.74, 6) is -0.178. The van der Waals surface area contributed by atoms with Gasteiger partial charge < -0.3 is 24.9 Å². The topological polar surface area (TPSA) is 172 Å². The normalized spacial score (nSPS) is 12.0. The molecule has 0 radical (unpaired) electrons. The van der Waals surface area contributed by atoms with Crippen LogP contribution in [0.15, 0.2) is 95.9 Å². The van der Waals surface area contributed by atoms with Crippen molar-refractivity contribution in [1.82, 2.24) is 14.7 Å². The molecule has 5 N–H and O–H groups in total. The van der Waals surface area contributed by atoms with E-state index < -0.39 is 34.5 Å². The highest BCUT2D eigenvalue weighted by Gasteiger charge is 2.27. The van der Waals surface area contributed by atoms with Crippen molar-refractivity contribution in [2.45, 2.75) is 17.4 Å². The van der Waals surface area contributed by atoms with Gasteiger partial charge >= 0.3 is 12.0 Å². The summed E-state index contributed by atoms with van der Waals surface area (Å²) in [4.78, 5) is 31.5. The van der Waals surface area contributed by atoms with Crippen molar-refractivity contribution < 1.29 is 32.6 Å². The maximum atomic E-state index is 13.6. The third-order valence-electron chi connectivity index (χ3n) is 6.71. The lowest BCUT2D eigenvalue weighted by atomic mass is 10.0. The Labute approximate surface area is 253 Å². The van der Waals surface area contributed by atoms with Crippen LogP contribution in [0.25, 0.3) is 22.2 Å². The number of ether oxygens (including phenoxy) is 2. The van der Waals surface area contributed by atoms with E-state index >= 15 is 0 Å². The maximum absolute atomic E-state index is 13.6. The van der Waals surface area contributed by atoms with Gasteiger partial charge in [-0.05, 0) is 53.1 Å². The number of nitrogens with one attached hydrogen (secondary N) is 4. The Balaban J connectivity index is 1.37. The Morgan fingerprint density at radius 2 is 1.66 bits per heavy atom. The van der Waals surface area contributed by atoms with Crippen LogP contribution in [0.2, 0.25) is 0 Å². The van der Waals surface area contributed by atoms with Gasteiger partial charge in [0.2, 0.25) is 16.0 Å². The van der Waals surface area contributed by atoms with E-state index in [4.69, 9.17) is 9.47 Å². The van der Waals surface area contributed by atoms with Crippen molar-refractivity contribution in [3.8, 4) is 22.6 Å². The smallest absolute Gasteiger partial charge is 0.326 e. The largest absolute Gasteiger partial charge is 0.497 e. The summed E-state index contributed by atoms with van der Waals surface area (Å²) in [7, 11) is -1.33. The fourth-order valence-electron chi connectivity index (χ4n) is 4.63. The van der Waals surface area contributed by atoms with Crippen LogP contribution in [0.3, 0.4) is 0 Å². The van der Waals surface area contributed by atoms with Gasteiger partial charge in [0.1, 0.15) is 16.4 Å². The second-order valence-electron chi connectivity index (χ2n) is 9.68. The predicted octanol–water partition coefficient (Wildman–Crippen LogP) is 5.39. The number of aromatic nitrogens is 2. The number of aromatic amines is 1. The number of H-pyrrole nitrogens is 1. The monoisotopic (exact) mass is 615 g/mol. The SMILES string of the molecule is COc1ccc2nc(NC(=O)Nc3cccc(-c4ccc(OC)c(S(=O)(=O)NC(CC(=O)O)c5ccccc5)c4)c3)[nH]c2c1. The van der Waals surface area contributed by atoms with Gasteiger partial charge in [-0.2, -0.15) is 0 Å². The van der Waals surface area contributed by atoms with E-state index in [0.717, 1.165) is 0 Å². The van der Waals surface area contributed by atoms with Crippen LogP contribution < -0.4 is 24.8 Å². The van der Waals surface area contributed by atoms with Crippen LogP contribution in [0, 0.1) is 0 Å². The number of nitrogens with zero attached hydrogens (tertiary/aromatic N) is 1. The quantitative estimate of drug-likeness (QED) is 0.132. The molecular weight excluding hydrogens is 586 g/mol. The lowest BCUT2D eigenvalue weighted by Crippen LogP contribution is -2.30. The Morgan fingerprint density at radius 3 is 2.39 bits per heavy atom. The Kier molecular flexibility index (Phi) is 8.78. The fraction of sp³-hybridized carbons (Fsp3) is 0.129. The van der Waals surface area contributed by atoms with Gasteiger partial charge in [-0.3, -0.25) is 10.1 Å². The maximum Gasteiger partial charge on any atom is 0.326 e. The molecule has 44 heavy (non-hydrogen) atoms. The number of aliphatic carboxylic acids is 1. The summed E-state index contributed by atoms with van der Waals surface area (Å²) >= 11 is 0. The van der Waals surface area contributed by atoms with Gasteiger partial charge in [0.05, 0.1) is 37.7 Å². The van der Waals surface area contributed by atoms with Crippen molar-refractivity contribution in [3.05, 3.63) is 96.6 Å². The lowest BCUT2D eigenvalue weighted by molar-refractivity contribution is -0.137. The average Bonchev–Trinajstić information content (AvgIpc) is 3.41. The molecule has 1 unspecified atom stereocenters. The number of sulfonamides is 1. The van der Waals surface area contributed by atoms with Crippen molar-refractivity contribution >= 4 is 44.7 Å². The lowest BCUT2D eigenvalue weighted by Gasteiger charge is -2.19. The van der Waals surface area contributed by atoms with Crippen molar-refractivity contribution in [2.24, 2.45) is 0 Å². The van der Waals surface area contributed by atoms with Gasteiger partial charge in [-0.25, -0.2) is 22.9 Å². The van der Waals surface area contributed by atoms with Gasteiger partial charge in [0.25, 0.3) is 0 Å². The first-order chi connectivity index (χ1) is 21.1. The molecule has 0 aliphatic rings. The third-order valence-corrected chi connectivity index (χ3v) is 8.20. The van der Waals surface area contributed by atoms with Crippen molar-refractivity contribution in [1.29, 1.82) is 0 Å². The minimum Gasteiger partial charge on any atom is -0.497 e. The molecule has 0 saturated heterocycles. The molecular formula is C31H29N5O7S. The number of hydrogen-bond donors (Lipinski definition) is 5. The Bertz CT molecular complexity index is 1930. The van der Waals surface area contributed by atoms with Crippen LogP contribution in [-0.2, 0) is 14.8 Å². The molecule has 4 aromatic carbocycles. The number of amides is 2. The number of carbonyl (C=O) groups excluding carboxylic acids is 1. The number of imidazole rings is 1. The van der Waals surface area contributed by atoms with Gasteiger partial charge in [-0.1, -0.05) is 48.5 Å². The van der Waals surface area contributed by atoms with E-state index in [9.17, 15) is 23.1 Å². The number of carbonyl (C=O) groups is 2. The minimum absolute atomic E-state index is 0.0838. The molecule has 0 aliphatic heterocycles. The van der Waals surface area contributed by atoms with Crippen molar-refractivity contribution in [2.75, 3.05) is 24.9 Å². The molecule has 0 spiro atoms. The number of carboxylic acid groups (broad SMARTS) is 1. The van der Waals surface area contributed by atoms with E-state index in [1.54, 1.807) is 86.0 Å². The molecule has 5 rings (SSSR count). The number of hydrogen-bond acceptors (Lipinski definition) is 7. The zero-order chi connectivity index (χ0) is 31.3. The van der Waals surface area contributed by atoms with Crippen LogP contribution in [0.4, 0.5) is 16.4 Å². The number of rotatable bonds is 11. The Morgan fingerprint density at radius 1 is 0.886 bits per heavy atom. The second-order valence-corrected chi connectivity index (χ2v) is 11.4. The van der Waals surface area contributed by atoms with E-state index in [2.05, 4.69) is 25.3 Å². The first kappa shape index (κ1) is 30.1. The minimum atomic E-state index is -4.24. The fourth-order valence-corrected chi connectivity index (χ4v) is 6.05. The number of fused-ring (bicyclic) bond motifs is 1. The highest BCUT2D eigenvalue weighted by atomic mass is 32.2. The first-order valence-electron chi connectivity index (χ1n) is 13.3. The Hall–Kier alpha value is -5.40. The number of anilines is 2. The molecule has 1 heterocycles. The first-order valence-corrected chi connectivity index (χ1v) is 14.8. The predicted molar refractivity (Wildman–Crippen MR) is 165 cm³/mol. The average molecular weight is 616 g/mol. The van der Waals surface area contributed by atoms with Crippen LogP contribution in [-0.4, -0.2) is 49.7 Å². The zero-order valence-electron chi connectivity index (χ0n) is 23.7. The third kappa shape index (κ3) is 6.97. The van der Waals surface area contributed by atoms with Gasteiger partial charge in [0.15, 0.2) is 0 Å². The van der Waals surface area contributed by atoms with Crippen LogP contribution in [0.5, 0.6) is 11.5 Å². The van der Waals surface area contributed by atoms with Crippen LogP contribution in [0.1, 0.15) is 18.0 Å². The second kappa shape index (κ2) is 12.9. The van der Waals surface area contributed by atoms with Gasteiger partial charge in [-0.15, -0.1) is 0 Å². The molecule has 0 bridgehead atoms. The molecule has 5 aromatic rings. The molecule has 226 valence electrons. The van der Waals surface area contributed by atoms with E-state index in [0.29, 0.717) is 39.2 Å². The molecule has 0 aliphatic carbocycles. The van der Waals surface area contributed by atoms with Gasteiger partial charge in [0, 0.05) is 11.8 Å². The molecule has 1 aromatic heterocycles. The summed E-state index contributed by atoms with van der Waals surface area (Å²) < 4.78 is 40.2. The molecule has 2 amide bonds. The molecule has 0 saturated carbocycles. The number of benzene rings is 4. The molecule has 12 nitrogen and oxygen atoms in total. The summed E-state index contributed by atoms with van der Waals surface area (Å²) in [5, 5.41) is 14.8. The van der Waals surface area contributed by atoms with E-state index in [1.807, 2.05) is 0 Å². The van der Waals surface area contributed by atoms with Crippen LogP contribution >= 0.6 is 0 Å². The molecule has 13 heteroatoms. The number of carboxylic acids is 1. The standard InChI is InChI=1S/C31H29N5O7S/c1-42-23-12-13-24-26(17-23)34-30(33-24)35-31(39)32-22-10-6-9-20(15-22)21-11-14-27(43-2)28(16-21)44(40,41)36-25(18-29(37)38)19-7-4-3-5-8-19/h3-17,25,36H,18H2,1-2H3,(H,37,38)(H3,32,33,34,35,39). The molecule has 1 atom stereocenters. The van der Waals surface area contributed by atoms with E-state index in [1.165, 1.54) is 19.2 Å². The number of methoxy groups -OCH3 is 2. The summed E-state index contributed by atoms with van der Waals surface area (Å²) in [6.07, 6.45) is -0.455. The molecule has 0 fully saturated rings. The highest BCUT2D eigenvalue weighted by Crippen LogP contribution is 2.32. The van der Waals surface area contributed by atoms with Crippen molar-refractivity contribution in [3.63, 3.8) is 0 Å². The summed E-state index contributed by atoms with van der Waals surface area (Å²) in [6.45, 7) is 0. The summed E-state index contributed by atoms with van der Waals surface area (Å²) in [6, 6.07) is 23.7. The number of urea groups is 1. The highest BCUT2D eigenvalue weighted by molar-refractivity contribution is 7.89. The zero-order valence-corrected chi connectivity index (χ0v) is 24.5. The van der Waals surface area contributed by atoms with E-state index in [-0.39, 0.29) is 16.6 Å².